The van der Waals surface area contributed by atoms with E-state index in [0.29, 0.717) is 76.6 Å². The number of aliphatic hydroxyl groups is 1. The summed E-state index contributed by atoms with van der Waals surface area (Å²) >= 11 is 0. The molecule has 0 bridgehead atoms. The Bertz CT molecular complexity index is 4770. The van der Waals surface area contributed by atoms with Gasteiger partial charge in [0.25, 0.3) is 0 Å². The summed E-state index contributed by atoms with van der Waals surface area (Å²) in [4.78, 5) is 46.8. The first-order chi connectivity index (χ1) is 50.7. The molecule has 0 fully saturated rings. The van der Waals surface area contributed by atoms with Crippen LogP contribution in [0.2, 0.25) is 0 Å². The van der Waals surface area contributed by atoms with E-state index in [1.807, 2.05) is 48.6 Å². The maximum absolute atomic E-state index is 13.1. The normalized spacial score (nSPS) is 11.0. The molecule has 0 unspecified atom stereocenters. The van der Waals surface area contributed by atoms with E-state index >= 15 is 0 Å². The molecule has 0 spiro atoms. The number of hydrogen-bond donors (Lipinski definition) is 3. The van der Waals surface area contributed by atoms with Gasteiger partial charge in [-0.1, -0.05) is 246 Å². The van der Waals surface area contributed by atoms with Gasteiger partial charge in [0.05, 0.1) is 87.5 Å². The van der Waals surface area contributed by atoms with Crippen LogP contribution in [-0.2, 0) is 86.5 Å². The smallest absolute Gasteiger partial charge is 0.335 e. The molecule has 0 amide bonds. The molecule has 4 heterocycles. The minimum Gasteiger partial charge on any atom is -0.478 e. The van der Waals surface area contributed by atoms with E-state index in [1.54, 1.807) is 60.7 Å². The molecule has 14 rings (SSSR count). The van der Waals surface area contributed by atoms with Crippen LogP contribution in [0, 0.1) is 0 Å². The number of para-hydroxylation sites is 8. The van der Waals surface area contributed by atoms with Crippen molar-refractivity contribution in [1.82, 2.24) is 48.0 Å². The zero-order valence-electron chi connectivity index (χ0n) is 58.8. The molecule has 14 aromatic rings. The van der Waals surface area contributed by atoms with Crippen molar-refractivity contribution in [3.63, 3.8) is 0 Å². The van der Waals surface area contributed by atoms with Gasteiger partial charge in [-0.2, -0.15) is 0 Å². The van der Waals surface area contributed by atoms with E-state index < -0.39 is 18.0 Å². The van der Waals surface area contributed by atoms with Crippen LogP contribution in [0.15, 0.2) is 282 Å². The molecule has 4 aromatic heterocycles. The van der Waals surface area contributed by atoms with Crippen molar-refractivity contribution in [2.24, 2.45) is 0 Å². The van der Waals surface area contributed by atoms with E-state index in [4.69, 9.17) is 30.1 Å². The summed E-state index contributed by atoms with van der Waals surface area (Å²) in [5.41, 5.74) is 19.2. The molecule has 0 saturated heterocycles. The first kappa shape index (κ1) is 77.0. The topological polar surface area (TPSA) is 173 Å². The van der Waals surface area contributed by atoms with E-state index in [2.05, 4.69) is 237 Å². The number of aromatic nitrogens is 8. The van der Waals surface area contributed by atoms with Crippen LogP contribution in [0.5, 0.6) is 0 Å². The van der Waals surface area contributed by atoms with E-state index in [9.17, 15) is 14.7 Å². The van der Waals surface area contributed by atoms with Crippen LogP contribution in [0.1, 0.15) is 99.6 Å². The van der Waals surface area contributed by atoms with Crippen molar-refractivity contribution < 1.29 is 59.0 Å². The van der Waals surface area contributed by atoms with Crippen molar-refractivity contribution in [2.45, 2.75) is 58.5 Å². The van der Waals surface area contributed by atoms with Crippen molar-refractivity contribution >= 4 is 92.5 Å². The molecule has 0 saturated carbocycles. The van der Waals surface area contributed by atoms with Gasteiger partial charge in [0.15, 0.2) is 0 Å². The van der Waals surface area contributed by atoms with Gasteiger partial charge in [0.2, 0.25) is 0 Å². The molecule has 17 heteroatoms. The van der Waals surface area contributed by atoms with Gasteiger partial charge in [0, 0.05) is 73.4 Å². The largest absolute Gasteiger partial charge is 0.478 e. The maximum atomic E-state index is 13.1. The Morgan fingerprint density at radius 1 is 0.321 bits per heavy atom. The van der Waals surface area contributed by atoms with E-state index in [-0.39, 0.29) is 34.1 Å². The molecular weight excluding hydrogens is 1400 g/mol. The van der Waals surface area contributed by atoms with Crippen molar-refractivity contribution in [3.8, 4) is 0 Å². The molecular formula is C89H82Mn2N10O5. The first-order valence-corrected chi connectivity index (χ1v) is 34.4. The summed E-state index contributed by atoms with van der Waals surface area (Å²) in [5, 5.41) is 30.1. The Morgan fingerprint density at radius 2 is 0.519 bits per heavy atom. The van der Waals surface area contributed by atoms with Crippen molar-refractivity contribution in [2.75, 3.05) is 13.1 Å². The molecule has 15 nitrogen and oxygen atoms in total. The van der Waals surface area contributed by atoms with Gasteiger partial charge in [-0.3, -0.25) is 9.80 Å². The SMILES string of the molecule is C=Cc1ccc(C(=O)O)cc1.C=Cc1ccc(C(=O)O)cc1.C=Cc1ccc(Cn2c(CN(Cc3nc4ccccc4n3Cc3ccc(C=C)cc3)CC(O)CN(Cc3nc4ccccc4n3Cc3ccc(C=C)cc3)Cc3nc4ccccc4n3Cc3ccc(C=C)cc3)nc3ccccc32)cc1.[Mn].[Mn]. The Labute approximate surface area is 639 Å². The predicted octanol–water partition coefficient (Wildman–Crippen LogP) is 18.0. The second-order valence-electron chi connectivity index (χ2n) is 25.5. The average Bonchev–Trinajstić information content (AvgIpc) is 1.65. The van der Waals surface area contributed by atoms with Gasteiger partial charge in [-0.05, 0) is 128 Å². The second-order valence-corrected chi connectivity index (χ2v) is 25.5. The first-order valence-electron chi connectivity index (χ1n) is 34.4. The molecule has 0 atom stereocenters. The van der Waals surface area contributed by atoms with Crippen molar-refractivity contribution in [1.29, 1.82) is 0 Å². The molecule has 2 radical (unpaired) electrons. The summed E-state index contributed by atoms with van der Waals surface area (Å²) in [5.74, 6) is 1.77. The Balaban J connectivity index is 0.000000429. The maximum Gasteiger partial charge on any atom is 0.335 e. The third kappa shape index (κ3) is 19.2. The van der Waals surface area contributed by atoms with E-state index in [1.165, 1.54) is 0 Å². The number of carboxylic acid groups (broad SMARTS) is 2. The standard InChI is InChI=1S/C71H66N10O.2C9H8O2.2Mn/c1-5-51-25-33-55(34-26-51)41-78-64-21-13-9-17-60(64)72-68(78)47-76(48-69-73-61-18-10-14-22-65(61)79(69)42-56-35-27-52(6-2)28-36-56)45-59(82)46-77(49-70-74-62-19-11-15-23-66(62)80(70)43-57-37-29-53(7-3)30-38-57)50-71-75-63-20-12-16-24-67(63)81(71)44-58-39-31-54(8-4)32-40-58;2*1-2-7-3-5-8(6-4-7)9(10)11;;/h5-40,59,82H,1-4,41-50H2;2*2-6H,1H2,(H,10,11);;. The number of rotatable bonds is 28. The fourth-order valence-electron chi connectivity index (χ4n) is 12.8. The van der Waals surface area contributed by atoms with Crippen LogP contribution >= 0.6 is 0 Å². The van der Waals surface area contributed by atoms with Gasteiger partial charge in [-0.25, -0.2) is 29.5 Å². The predicted molar refractivity (Wildman–Crippen MR) is 423 cm³/mol. The number of nitrogens with zero attached hydrogens (tertiary/aromatic N) is 10. The van der Waals surface area contributed by atoms with Gasteiger partial charge < -0.3 is 33.6 Å². The number of carbonyl (C=O) groups is 2. The van der Waals surface area contributed by atoms with Crippen LogP contribution in [0.3, 0.4) is 0 Å². The third-order valence-electron chi connectivity index (χ3n) is 18.3. The van der Waals surface area contributed by atoms with Gasteiger partial charge in [-0.15, -0.1) is 0 Å². The number of fused-ring (bicyclic) bond motifs is 4. The van der Waals surface area contributed by atoms with Crippen molar-refractivity contribution in [3.05, 3.63) is 372 Å². The monoisotopic (exact) mass is 1480 g/mol. The summed E-state index contributed by atoms with van der Waals surface area (Å²) in [6.07, 6.45) is 9.98. The van der Waals surface area contributed by atoms with Gasteiger partial charge >= 0.3 is 11.9 Å². The van der Waals surface area contributed by atoms with Crippen LogP contribution in [0.25, 0.3) is 80.6 Å². The molecule has 0 aliphatic rings. The number of carboxylic acids is 2. The summed E-state index contributed by atoms with van der Waals surface area (Å²) in [6.45, 7) is 27.9. The number of aliphatic hydroxyl groups excluding tert-OH is 1. The summed E-state index contributed by atoms with van der Waals surface area (Å²) in [6, 6.07) is 80.6. The molecule has 532 valence electrons. The number of imidazole rings is 4. The minimum absolute atomic E-state index is 0. The minimum atomic E-state index is -0.902. The van der Waals surface area contributed by atoms with Crippen LogP contribution in [0.4, 0.5) is 0 Å². The molecule has 106 heavy (non-hydrogen) atoms. The Kier molecular flexibility index (Phi) is 26.7. The van der Waals surface area contributed by atoms with E-state index in [0.717, 1.165) is 123 Å². The number of hydrogen-bond acceptors (Lipinski definition) is 9. The quantitative estimate of drug-likeness (QED) is 0.0399. The molecule has 10 aromatic carbocycles. The molecule has 0 aliphatic heterocycles. The second kappa shape index (κ2) is 36.7. The third-order valence-corrected chi connectivity index (χ3v) is 18.3. The summed E-state index contributed by atoms with van der Waals surface area (Å²) in [7, 11) is 0. The summed E-state index contributed by atoms with van der Waals surface area (Å²) < 4.78 is 9.27. The fraction of sp³-hybridized carbons (Fsp3) is 0.124. The number of benzene rings is 10. The van der Waals surface area contributed by atoms with Crippen LogP contribution < -0.4 is 0 Å². The molecule has 3 N–H and O–H groups in total. The Hall–Kier alpha value is -11.6. The average molecular weight is 1480 g/mol. The molecule has 0 aliphatic carbocycles. The van der Waals surface area contributed by atoms with Gasteiger partial charge in [0.1, 0.15) is 23.3 Å². The fourth-order valence-corrected chi connectivity index (χ4v) is 12.8. The number of aromatic carboxylic acids is 2. The zero-order chi connectivity index (χ0) is 72.5. The van der Waals surface area contributed by atoms with Crippen LogP contribution in [-0.4, -0.2) is 94.5 Å². The zero-order valence-corrected chi connectivity index (χ0v) is 61.2. The Morgan fingerprint density at radius 3 is 0.717 bits per heavy atom.